The van der Waals surface area contributed by atoms with Crippen LogP contribution in [0.5, 0.6) is 0 Å². The number of nitrogens with zero attached hydrogens (tertiary/aromatic N) is 2. The monoisotopic (exact) mass is 177 g/mol. The molecule has 13 heavy (non-hydrogen) atoms. The van der Waals surface area contributed by atoms with Crippen molar-refractivity contribution in [3.8, 4) is 0 Å². The first-order valence-corrected chi connectivity index (χ1v) is 4.67. The minimum atomic E-state index is 0.649. The van der Waals surface area contributed by atoms with Crippen LogP contribution in [0, 0.1) is 6.92 Å². The molecular formula is C10H15N3. The van der Waals surface area contributed by atoms with E-state index < -0.39 is 0 Å². The van der Waals surface area contributed by atoms with Crippen LogP contribution in [0.2, 0.25) is 0 Å². The molecule has 0 aliphatic heterocycles. The van der Waals surface area contributed by atoms with E-state index in [1.165, 1.54) is 12.8 Å². The summed E-state index contributed by atoms with van der Waals surface area (Å²) in [4.78, 5) is 4.48. The Morgan fingerprint density at radius 3 is 2.92 bits per heavy atom. The molecule has 3 heteroatoms. The number of hydrogen-bond acceptors (Lipinski definition) is 2. The predicted molar refractivity (Wildman–Crippen MR) is 53.5 cm³/mol. The van der Waals surface area contributed by atoms with Crippen LogP contribution in [0.3, 0.4) is 0 Å². The fourth-order valence-corrected chi connectivity index (χ4v) is 1.58. The van der Waals surface area contributed by atoms with Gasteiger partial charge in [0.15, 0.2) is 0 Å². The Morgan fingerprint density at radius 1 is 1.69 bits per heavy atom. The van der Waals surface area contributed by atoms with Gasteiger partial charge < -0.3 is 10.3 Å². The third-order valence-electron chi connectivity index (χ3n) is 2.47. The molecule has 0 spiro atoms. The smallest absolute Gasteiger partial charge is 0.126 e. The number of nitrogen functional groups attached to an aromatic ring is 1. The van der Waals surface area contributed by atoms with Gasteiger partial charge in [-0.1, -0.05) is 6.08 Å². The number of aryl methyl sites for hydroxylation is 1. The van der Waals surface area contributed by atoms with Crippen molar-refractivity contribution in [3.05, 3.63) is 24.2 Å². The van der Waals surface area contributed by atoms with Crippen molar-refractivity contribution in [1.29, 1.82) is 0 Å². The third-order valence-corrected chi connectivity index (χ3v) is 2.47. The van der Waals surface area contributed by atoms with Gasteiger partial charge in [0, 0.05) is 12.5 Å². The maximum Gasteiger partial charge on any atom is 0.126 e. The highest BCUT2D eigenvalue weighted by molar-refractivity contribution is 5.39. The van der Waals surface area contributed by atoms with E-state index in [4.69, 9.17) is 5.73 Å². The third kappa shape index (κ3) is 1.34. The Morgan fingerprint density at radius 2 is 2.38 bits per heavy atom. The summed E-state index contributed by atoms with van der Waals surface area (Å²) in [7, 11) is 0. The highest BCUT2D eigenvalue weighted by atomic mass is 15.1. The van der Waals surface area contributed by atoms with E-state index in [1.807, 2.05) is 13.0 Å². The highest BCUT2D eigenvalue weighted by Gasteiger charge is 2.29. The van der Waals surface area contributed by atoms with Gasteiger partial charge in [-0.3, -0.25) is 0 Å². The van der Waals surface area contributed by atoms with Crippen molar-refractivity contribution in [3.63, 3.8) is 0 Å². The lowest BCUT2D eigenvalue weighted by Crippen LogP contribution is -2.05. The predicted octanol–water partition coefficient (Wildman–Crippen LogP) is 1.84. The van der Waals surface area contributed by atoms with E-state index in [-0.39, 0.29) is 0 Å². The molecule has 70 valence electrons. The molecule has 0 atom stereocenters. The lowest BCUT2D eigenvalue weighted by Gasteiger charge is -2.05. The zero-order valence-corrected chi connectivity index (χ0v) is 7.95. The SMILES string of the molecule is C=CCn1c(C2CC2)nc(C)c1N. The summed E-state index contributed by atoms with van der Waals surface area (Å²) in [6, 6.07) is 0. The van der Waals surface area contributed by atoms with Crippen LogP contribution >= 0.6 is 0 Å². The van der Waals surface area contributed by atoms with Crippen LogP contribution in [-0.2, 0) is 6.54 Å². The summed E-state index contributed by atoms with van der Waals surface area (Å²) in [5.41, 5.74) is 6.86. The van der Waals surface area contributed by atoms with Crippen molar-refractivity contribution in [1.82, 2.24) is 9.55 Å². The van der Waals surface area contributed by atoms with E-state index >= 15 is 0 Å². The highest BCUT2D eigenvalue weighted by Crippen LogP contribution is 2.40. The van der Waals surface area contributed by atoms with Crippen molar-refractivity contribution < 1.29 is 0 Å². The topological polar surface area (TPSA) is 43.8 Å². The van der Waals surface area contributed by atoms with Crippen LogP contribution in [0.4, 0.5) is 5.82 Å². The Labute approximate surface area is 78.3 Å². The van der Waals surface area contributed by atoms with Gasteiger partial charge in [-0.05, 0) is 19.8 Å². The molecule has 1 aliphatic rings. The van der Waals surface area contributed by atoms with Gasteiger partial charge in [0.25, 0.3) is 0 Å². The van der Waals surface area contributed by atoms with E-state index in [9.17, 15) is 0 Å². The summed E-state index contributed by atoms with van der Waals surface area (Å²) in [5, 5.41) is 0. The Balaban J connectivity index is 2.41. The van der Waals surface area contributed by atoms with Crippen molar-refractivity contribution in [2.24, 2.45) is 0 Å². The second kappa shape index (κ2) is 2.91. The van der Waals surface area contributed by atoms with Gasteiger partial charge >= 0.3 is 0 Å². The molecule has 1 aromatic heterocycles. The molecule has 0 amide bonds. The first kappa shape index (κ1) is 8.35. The van der Waals surface area contributed by atoms with Gasteiger partial charge in [-0.15, -0.1) is 6.58 Å². The molecule has 3 nitrogen and oxygen atoms in total. The summed E-state index contributed by atoms with van der Waals surface area (Å²) in [6.07, 6.45) is 4.38. The van der Waals surface area contributed by atoms with Gasteiger partial charge in [0.05, 0.1) is 5.69 Å². The molecule has 2 rings (SSSR count). The largest absolute Gasteiger partial charge is 0.384 e. The summed E-state index contributed by atoms with van der Waals surface area (Å²) >= 11 is 0. The molecule has 0 unspecified atom stereocenters. The summed E-state index contributed by atoms with van der Waals surface area (Å²) in [5.74, 6) is 2.59. The zero-order chi connectivity index (χ0) is 9.42. The lowest BCUT2D eigenvalue weighted by atomic mass is 10.4. The van der Waals surface area contributed by atoms with Crippen LogP contribution in [0.15, 0.2) is 12.7 Å². The van der Waals surface area contributed by atoms with E-state index in [2.05, 4.69) is 16.1 Å². The number of anilines is 1. The Bertz CT molecular complexity index is 334. The standard InChI is InChI=1S/C10H15N3/c1-3-6-13-9(11)7(2)12-10(13)8-4-5-8/h3,8H,1,4-6,11H2,2H3. The second-order valence-corrected chi connectivity index (χ2v) is 3.61. The van der Waals surface area contributed by atoms with Gasteiger partial charge in [-0.25, -0.2) is 4.98 Å². The Hall–Kier alpha value is -1.25. The van der Waals surface area contributed by atoms with Crippen molar-refractivity contribution in [2.45, 2.75) is 32.2 Å². The molecule has 1 aromatic rings. The average Bonchev–Trinajstić information content (AvgIpc) is 2.89. The molecule has 1 fully saturated rings. The molecule has 0 saturated heterocycles. The van der Waals surface area contributed by atoms with Crippen LogP contribution < -0.4 is 5.73 Å². The van der Waals surface area contributed by atoms with E-state index in [1.54, 1.807) is 0 Å². The fraction of sp³-hybridized carbons (Fsp3) is 0.500. The molecule has 0 bridgehead atoms. The number of nitrogens with two attached hydrogens (primary N) is 1. The van der Waals surface area contributed by atoms with Gasteiger partial charge in [0.1, 0.15) is 11.6 Å². The molecule has 0 radical (unpaired) electrons. The zero-order valence-electron chi connectivity index (χ0n) is 7.95. The molecule has 1 heterocycles. The molecule has 1 saturated carbocycles. The molecule has 0 aromatic carbocycles. The number of aromatic nitrogens is 2. The number of allylic oxidation sites excluding steroid dienone is 1. The fourth-order valence-electron chi connectivity index (χ4n) is 1.58. The van der Waals surface area contributed by atoms with Gasteiger partial charge in [-0.2, -0.15) is 0 Å². The maximum absolute atomic E-state index is 5.91. The van der Waals surface area contributed by atoms with Crippen LogP contribution in [0.25, 0.3) is 0 Å². The Kier molecular flexibility index (Phi) is 1.87. The van der Waals surface area contributed by atoms with E-state index in [0.717, 1.165) is 23.9 Å². The van der Waals surface area contributed by atoms with Crippen molar-refractivity contribution in [2.75, 3.05) is 5.73 Å². The van der Waals surface area contributed by atoms with Crippen molar-refractivity contribution >= 4 is 5.82 Å². The first-order chi connectivity index (χ1) is 6.24. The van der Waals surface area contributed by atoms with Crippen LogP contribution in [-0.4, -0.2) is 9.55 Å². The van der Waals surface area contributed by atoms with Crippen LogP contribution in [0.1, 0.15) is 30.3 Å². The maximum atomic E-state index is 5.91. The van der Waals surface area contributed by atoms with Gasteiger partial charge in [0.2, 0.25) is 0 Å². The number of hydrogen-bond donors (Lipinski definition) is 1. The molecule has 2 N–H and O–H groups in total. The summed E-state index contributed by atoms with van der Waals surface area (Å²) < 4.78 is 2.07. The quantitative estimate of drug-likeness (QED) is 0.716. The summed E-state index contributed by atoms with van der Waals surface area (Å²) in [6.45, 7) is 6.46. The lowest BCUT2D eigenvalue weighted by molar-refractivity contribution is 0.750. The number of imidazole rings is 1. The molecular weight excluding hydrogens is 162 g/mol. The van der Waals surface area contributed by atoms with E-state index in [0.29, 0.717) is 5.92 Å². The normalized spacial score (nSPS) is 16.1. The molecule has 1 aliphatic carbocycles. The number of rotatable bonds is 3. The second-order valence-electron chi connectivity index (χ2n) is 3.61. The minimum Gasteiger partial charge on any atom is -0.384 e. The first-order valence-electron chi connectivity index (χ1n) is 4.67. The minimum absolute atomic E-state index is 0.649. The average molecular weight is 177 g/mol.